The van der Waals surface area contributed by atoms with Gasteiger partial charge in [-0.1, -0.05) is 22.4 Å². The first-order chi connectivity index (χ1) is 10.6. The fourth-order valence-corrected chi connectivity index (χ4v) is 2.00. The smallest absolute Gasteiger partial charge is 0.229 e. The van der Waals surface area contributed by atoms with Crippen LogP contribution in [0.25, 0.3) is 0 Å². The molecule has 0 aliphatic rings. The van der Waals surface area contributed by atoms with Crippen molar-refractivity contribution in [1.29, 1.82) is 0 Å². The largest absolute Gasteiger partial charge is 0.388 e. The molecule has 2 aromatic heterocycles. The van der Waals surface area contributed by atoms with E-state index in [2.05, 4.69) is 20.3 Å². The van der Waals surface area contributed by atoms with Crippen LogP contribution in [0, 0.1) is 12.7 Å². The predicted molar refractivity (Wildman–Crippen MR) is 71.2 cm³/mol. The molecule has 0 unspecified atom stereocenters. The highest BCUT2D eigenvalue weighted by Gasteiger charge is 2.16. The Morgan fingerprint density at radius 2 is 1.95 bits per heavy atom. The molecule has 1 N–H and O–H groups in total. The molecule has 7 nitrogen and oxygen atoms in total. The molecule has 0 radical (unpaired) electrons. The Labute approximate surface area is 124 Å². The lowest BCUT2D eigenvalue weighted by atomic mass is 10.1. The maximum absolute atomic E-state index is 13.1. The Morgan fingerprint density at radius 1 is 1.18 bits per heavy atom. The fourth-order valence-electron chi connectivity index (χ4n) is 2.00. The van der Waals surface area contributed by atoms with E-state index in [1.54, 1.807) is 13.0 Å². The van der Waals surface area contributed by atoms with Gasteiger partial charge >= 0.3 is 0 Å². The van der Waals surface area contributed by atoms with Crippen LogP contribution in [0.2, 0.25) is 0 Å². The van der Waals surface area contributed by atoms with Crippen molar-refractivity contribution in [2.75, 3.05) is 0 Å². The summed E-state index contributed by atoms with van der Waals surface area (Å²) in [5.41, 5.74) is 0.452. The summed E-state index contributed by atoms with van der Waals surface area (Å²) < 4.78 is 23.0. The third kappa shape index (κ3) is 3.34. The third-order valence-electron chi connectivity index (χ3n) is 3.00. The van der Waals surface area contributed by atoms with Crippen LogP contribution in [0.15, 0.2) is 33.3 Å². The second kappa shape index (κ2) is 6.02. The van der Waals surface area contributed by atoms with Crippen molar-refractivity contribution >= 4 is 0 Å². The number of hydrogen-bond acceptors (Lipinski definition) is 7. The van der Waals surface area contributed by atoms with Gasteiger partial charge in [-0.05, 0) is 17.7 Å². The van der Waals surface area contributed by atoms with Crippen molar-refractivity contribution in [2.45, 2.75) is 25.9 Å². The number of aliphatic hydroxyl groups is 1. The summed E-state index contributed by atoms with van der Waals surface area (Å²) in [7, 11) is 0. The number of nitrogens with zero attached hydrogens (tertiary/aromatic N) is 4. The Balaban J connectivity index is 1.66. The Morgan fingerprint density at radius 3 is 2.68 bits per heavy atom. The molecule has 0 fully saturated rings. The summed E-state index contributed by atoms with van der Waals surface area (Å²) in [6.07, 6.45) is -0.546. The van der Waals surface area contributed by atoms with Gasteiger partial charge in [-0.3, -0.25) is 0 Å². The summed E-state index contributed by atoms with van der Waals surface area (Å²) in [5.74, 6) is 1.15. The first-order valence-electron chi connectivity index (χ1n) is 6.64. The summed E-state index contributed by atoms with van der Waals surface area (Å²) in [4.78, 5) is 8.19. The van der Waals surface area contributed by atoms with Crippen LogP contribution in [0.1, 0.15) is 35.1 Å². The monoisotopic (exact) mass is 304 g/mol. The Hall–Kier alpha value is -2.61. The van der Waals surface area contributed by atoms with Gasteiger partial charge in [0.1, 0.15) is 5.82 Å². The van der Waals surface area contributed by atoms with Crippen molar-refractivity contribution in [2.24, 2.45) is 0 Å². The molecule has 3 aromatic rings. The first-order valence-corrected chi connectivity index (χ1v) is 6.64. The van der Waals surface area contributed by atoms with Crippen LogP contribution in [-0.2, 0) is 12.8 Å². The molecule has 3 rings (SSSR count). The van der Waals surface area contributed by atoms with E-state index in [4.69, 9.17) is 9.05 Å². The van der Waals surface area contributed by atoms with Gasteiger partial charge in [0.15, 0.2) is 11.6 Å². The molecule has 1 atom stereocenters. The second-order valence-corrected chi connectivity index (χ2v) is 4.79. The van der Waals surface area contributed by atoms with Gasteiger partial charge in [0.2, 0.25) is 11.8 Å². The van der Waals surface area contributed by atoms with Crippen LogP contribution in [0.3, 0.4) is 0 Å². The zero-order valence-corrected chi connectivity index (χ0v) is 11.7. The minimum atomic E-state index is -0.920. The number of halogens is 1. The molecule has 2 heterocycles. The van der Waals surface area contributed by atoms with Crippen LogP contribution < -0.4 is 0 Å². The van der Waals surface area contributed by atoms with E-state index in [1.165, 1.54) is 18.2 Å². The van der Waals surface area contributed by atoms with E-state index in [0.29, 0.717) is 23.1 Å². The maximum atomic E-state index is 13.1. The minimum absolute atomic E-state index is 0.0989. The fraction of sp³-hybridized carbons (Fsp3) is 0.286. The quantitative estimate of drug-likeness (QED) is 0.767. The van der Waals surface area contributed by atoms with E-state index >= 15 is 0 Å². The topological polar surface area (TPSA) is 98.1 Å². The molecule has 8 heteroatoms. The van der Waals surface area contributed by atoms with Gasteiger partial charge in [-0.2, -0.15) is 9.97 Å². The van der Waals surface area contributed by atoms with Crippen LogP contribution >= 0.6 is 0 Å². The molecule has 0 saturated heterocycles. The average Bonchev–Trinajstić information content (AvgIpc) is 3.09. The molecule has 22 heavy (non-hydrogen) atoms. The molecule has 0 amide bonds. The number of rotatable bonds is 5. The van der Waals surface area contributed by atoms with Gasteiger partial charge < -0.3 is 14.2 Å². The summed E-state index contributed by atoms with van der Waals surface area (Å²) in [5, 5.41) is 17.6. The molecule has 1 aromatic carbocycles. The van der Waals surface area contributed by atoms with E-state index < -0.39 is 11.9 Å². The number of aromatic nitrogens is 4. The molecular weight excluding hydrogens is 291 g/mol. The Bertz CT molecular complexity index is 771. The van der Waals surface area contributed by atoms with Crippen LogP contribution in [-0.4, -0.2) is 25.4 Å². The highest BCUT2D eigenvalue weighted by atomic mass is 19.1. The van der Waals surface area contributed by atoms with Crippen LogP contribution in [0.5, 0.6) is 0 Å². The number of aryl methyl sites for hydroxylation is 1. The van der Waals surface area contributed by atoms with Gasteiger partial charge in [0, 0.05) is 6.92 Å². The standard InChI is InChI=1S/C14H13FN4O3/c1-8-16-12(18-21-8)7-13-17-14(22-19-13)6-11(20)9-3-2-4-10(15)5-9/h2-5,11,20H,6-7H2,1H3/t11-/m0/s1. The lowest BCUT2D eigenvalue weighted by Gasteiger charge is -2.07. The predicted octanol–water partition coefficient (Wildman–Crippen LogP) is 1.77. The van der Waals surface area contributed by atoms with E-state index in [-0.39, 0.29) is 18.7 Å². The van der Waals surface area contributed by atoms with E-state index in [0.717, 1.165) is 0 Å². The van der Waals surface area contributed by atoms with Gasteiger partial charge in [0.05, 0.1) is 18.9 Å². The van der Waals surface area contributed by atoms with E-state index in [9.17, 15) is 9.50 Å². The second-order valence-electron chi connectivity index (χ2n) is 4.79. The summed E-state index contributed by atoms with van der Waals surface area (Å²) >= 11 is 0. The van der Waals surface area contributed by atoms with Crippen molar-refractivity contribution in [3.05, 3.63) is 59.1 Å². The van der Waals surface area contributed by atoms with Crippen molar-refractivity contribution in [3.63, 3.8) is 0 Å². The number of benzene rings is 1. The molecule has 0 aliphatic carbocycles. The molecule has 0 spiro atoms. The zero-order valence-electron chi connectivity index (χ0n) is 11.7. The van der Waals surface area contributed by atoms with Crippen molar-refractivity contribution in [1.82, 2.24) is 20.3 Å². The molecule has 0 saturated carbocycles. The van der Waals surface area contributed by atoms with Gasteiger partial charge in [-0.25, -0.2) is 4.39 Å². The normalized spacial score (nSPS) is 12.5. The van der Waals surface area contributed by atoms with Crippen molar-refractivity contribution < 1.29 is 18.5 Å². The molecule has 0 bridgehead atoms. The highest BCUT2D eigenvalue weighted by molar-refractivity contribution is 5.19. The van der Waals surface area contributed by atoms with Gasteiger partial charge in [-0.15, -0.1) is 0 Å². The maximum Gasteiger partial charge on any atom is 0.229 e. The average molecular weight is 304 g/mol. The van der Waals surface area contributed by atoms with Crippen molar-refractivity contribution in [3.8, 4) is 0 Å². The van der Waals surface area contributed by atoms with E-state index in [1.807, 2.05) is 0 Å². The van der Waals surface area contributed by atoms with Gasteiger partial charge in [0.25, 0.3) is 0 Å². The molecule has 0 aliphatic heterocycles. The Kier molecular flexibility index (Phi) is 3.92. The highest BCUT2D eigenvalue weighted by Crippen LogP contribution is 2.18. The zero-order chi connectivity index (χ0) is 15.5. The first kappa shape index (κ1) is 14.3. The molecule has 114 valence electrons. The third-order valence-corrected chi connectivity index (χ3v) is 3.00. The number of hydrogen-bond donors (Lipinski definition) is 1. The van der Waals surface area contributed by atoms with Crippen LogP contribution in [0.4, 0.5) is 4.39 Å². The summed E-state index contributed by atoms with van der Waals surface area (Å²) in [6.45, 7) is 1.69. The lowest BCUT2D eigenvalue weighted by Crippen LogP contribution is -2.03. The summed E-state index contributed by atoms with van der Waals surface area (Å²) in [6, 6.07) is 5.75. The molecular formula is C14H13FN4O3. The lowest BCUT2D eigenvalue weighted by molar-refractivity contribution is 0.164. The number of aliphatic hydroxyl groups excluding tert-OH is 1. The minimum Gasteiger partial charge on any atom is -0.388 e. The SMILES string of the molecule is Cc1nc(Cc2noc(C[C@H](O)c3cccc(F)c3)n2)no1.